The van der Waals surface area contributed by atoms with Crippen LogP contribution in [0.2, 0.25) is 0 Å². The number of anilines is 2. The SMILES string of the molecule is CC(C)N.CCCCCCOC(=O)[C@H](C)NP(=O)(COCCn1cnc2c(NC3CC3)nc(N)nc21)N[C@@H](C)C(=O)OCCCCCC. The molecule has 1 aliphatic rings. The second-order valence-electron chi connectivity index (χ2n) is 12.6. The first-order valence-corrected chi connectivity index (χ1v) is 19.3. The maximum absolute atomic E-state index is 14.0. The zero-order chi connectivity index (χ0) is 35.5. The zero-order valence-electron chi connectivity index (χ0n) is 29.8. The van der Waals surface area contributed by atoms with E-state index in [9.17, 15) is 14.2 Å². The topological polar surface area (TPSA) is 211 Å². The number of fused-ring (bicyclic) bond motifs is 1. The van der Waals surface area contributed by atoms with E-state index < -0.39 is 31.5 Å². The summed E-state index contributed by atoms with van der Waals surface area (Å²) in [4.78, 5) is 38.3. The monoisotopic (exact) mass is 697 g/mol. The van der Waals surface area contributed by atoms with Crippen LogP contribution in [0.15, 0.2) is 6.33 Å². The molecule has 1 aliphatic carbocycles. The number of imidazole rings is 1. The first-order chi connectivity index (χ1) is 22.9. The average molecular weight is 698 g/mol. The van der Waals surface area contributed by atoms with Crippen LogP contribution in [0.5, 0.6) is 0 Å². The van der Waals surface area contributed by atoms with Gasteiger partial charge >= 0.3 is 11.9 Å². The second kappa shape index (κ2) is 22.0. The van der Waals surface area contributed by atoms with Crippen LogP contribution in [0, 0.1) is 0 Å². The molecule has 2 aromatic rings. The molecule has 15 nitrogen and oxygen atoms in total. The van der Waals surface area contributed by atoms with Gasteiger partial charge in [0, 0.05) is 12.6 Å². The Morgan fingerprint density at radius 1 is 0.917 bits per heavy atom. The standard InChI is InChI=1S/C29H51N8O6P.C3H9N/c1-5-7-9-11-16-42-27(38)21(3)35-44(40,36-22(4)28(39)43-17-12-10-8-6-2)20-41-18-15-37-19-31-24-25(32-23-13-14-23)33-29(30)34-26(24)37;1-3(2)4/h19,21-23H,5-18,20H2,1-4H3,(H2,35,36,40)(H3,30,32,33,34);3H,4H2,1-2H3/t21-,22-;/m0./s1. The van der Waals surface area contributed by atoms with Gasteiger partial charge in [-0.15, -0.1) is 0 Å². The van der Waals surface area contributed by atoms with Crippen molar-refractivity contribution in [1.29, 1.82) is 0 Å². The number of carbonyl (C=O) groups excluding carboxylic acids is 2. The summed E-state index contributed by atoms with van der Waals surface area (Å²) in [6.45, 7) is 12.4. The van der Waals surface area contributed by atoms with Crippen molar-refractivity contribution >= 4 is 42.3 Å². The summed E-state index contributed by atoms with van der Waals surface area (Å²) in [5.41, 5.74) is 12.2. The lowest BCUT2D eigenvalue weighted by atomic mass is 10.2. The minimum absolute atomic E-state index is 0.138. The summed E-state index contributed by atoms with van der Waals surface area (Å²) >= 11 is 0. The number of nitrogens with two attached hydrogens (primary N) is 2. The van der Waals surface area contributed by atoms with Crippen LogP contribution >= 0.6 is 7.44 Å². The molecule has 3 rings (SSSR count). The molecule has 0 unspecified atom stereocenters. The Bertz CT molecular complexity index is 1250. The summed E-state index contributed by atoms with van der Waals surface area (Å²) in [6.07, 6.45) is 11.3. The van der Waals surface area contributed by atoms with Crippen molar-refractivity contribution in [2.75, 3.05) is 37.2 Å². The predicted octanol–water partition coefficient (Wildman–Crippen LogP) is 4.71. The van der Waals surface area contributed by atoms with Gasteiger partial charge in [-0.2, -0.15) is 9.97 Å². The predicted molar refractivity (Wildman–Crippen MR) is 190 cm³/mol. The van der Waals surface area contributed by atoms with Crippen LogP contribution in [0.25, 0.3) is 11.2 Å². The van der Waals surface area contributed by atoms with E-state index in [0.717, 1.165) is 64.2 Å². The first kappa shape index (κ1) is 41.3. The first-order valence-electron chi connectivity index (χ1n) is 17.4. The molecule has 0 aromatic carbocycles. The Labute approximate surface area is 285 Å². The lowest BCUT2D eigenvalue weighted by molar-refractivity contribution is -0.145. The molecule has 7 N–H and O–H groups in total. The molecule has 1 fully saturated rings. The van der Waals surface area contributed by atoms with Gasteiger partial charge in [-0.1, -0.05) is 66.2 Å². The number of nitrogen functional groups attached to an aromatic ring is 1. The van der Waals surface area contributed by atoms with Gasteiger partial charge in [-0.3, -0.25) is 14.2 Å². The van der Waals surface area contributed by atoms with Crippen molar-refractivity contribution in [2.24, 2.45) is 5.73 Å². The number of nitrogens with one attached hydrogen (secondary N) is 3. The largest absolute Gasteiger partial charge is 0.465 e. The van der Waals surface area contributed by atoms with Gasteiger partial charge in [0.25, 0.3) is 0 Å². The Morgan fingerprint density at radius 3 is 1.96 bits per heavy atom. The number of aromatic nitrogens is 4. The summed E-state index contributed by atoms with van der Waals surface area (Å²) in [7, 11) is -3.62. The molecule has 0 aliphatic heterocycles. The number of hydrogen-bond donors (Lipinski definition) is 5. The van der Waals surface area contributed by atoms with E-state index in [-0.39, 0.29) is 18.9 Å². The average Bonchev–Trinajstić information content (AvgIpc) is 3.75. The number of nitrogens with zero attached hydrogens (tertiary/aromatic N) is 4. The molecule has 274 valence electrons. The fourth-order valence-corrected chi connectivity index (χ4v) is 6.57. The van der Waals surface area contributed by atoms with Crippen molar-refractivity contribution in [3.05, 3.63) is 6.33 Å². The quantitative estimate of drug-likeness (QED) is 0.0605. The molecule has 16 heteroatoms. The number of esters is 2. The van der Waals surface area contributed by atoms with E-state index in [1.807, 2.05) is 13.8 Å². The smallest absolute Gasteiger partial charge is 0.323 e. The normalized spacial score (nSPS) is 14.3. The van der Waals surface area contributed by atoms with Crippen LogP contribution in [0.1, 0.15) is 106 Å². The molecule has 0 spiro atoms. The van der Waals surface area contributed by atoms with Crippen LogP contribution in [0.4, 0.5) is 11.8 Å². The Kier molecular flexibility index (Phi) is 18.9. The summed E-state index contributed by atoms with van der Waals surface area (Å²) < 4.78 is 32.4. The molecule has 2 aromatic heterocycles. The second-order valence-corrected chi connectivity index (χ2v) is 14.9. The minimum Gasteiger partial charge on any atom is -0.465 e. The molecule has 48 heavy (non-hydrogen) atoms. The van der Waals surface area contributed by atoms with E-state index in [1.165, 1.54) is 0 Å². The maximum atomic E-state index is 14.0. The fraction of sp³-hybridized carbons (Fsp3) is 0.781. The number of rotatable bonds is 23. The lowest BCUT2D eigenvalue weighted by Crippen LogP contribution is -2.43. The van der Waals surface area contributed by atoms with E-state index in [0.29, 0.717) is 48.8 Å². The Morgan fingerprint density at radius 2 is 1.46 bits per heavy atom. The third-order valence-corrected chi connectivity index (χ3v) is 9.30. The molecule has 0 saturated heterocycles. The number of hydrogen-bond acceptors (Lipinski definition) is 12. The highest BCUT2D eigenvalue weighted by molar-refractivity contribution is 7.59. The van der Waals surface area contributed by atoms with Crippen LogP contribution in [-0.2, 0) is 34.9 Å². The molecule has 2 heterocycles. The van der Waals surface area contributed by atoms with Gasteiger partial charge in [0.05, 0.1) is 26.1 Å². The Balaban J connectivity index is 0.00000189. The fourth-order valence-electron chi connectivity index (χ4n) is 4.50. The van der Waals surface area contributed by atoms with Crippen molar-refractivity contribution < 1.29 is 28.4 Å². The van der Waals surface area contributed by atoms with Gasteiger partial charge in [-0.05, 0) is 45.6 Å². The van der Waals surface area contributed by atoms with Gasteiger partial charge < -0.3 is 35.6 Å². The van der Waals surface area contributed by atoms with Crippen LogP contribution in [-0.4, -0.2) is 81.8 Å². The molecule has 0 amide bonds. The molecular formula is C32H60N9O6P. The summed E-state index contributed by atoms with van der Waals surface area (Å²) in [5.74, 6) is -0.302. The number of ether oxygens (including phenoxy) is 3. The maximum Gasteiger partial charge on any atom is 0.323 e. The lowest BCUT2D eigenvalue weighted by Gasteiger charge is -2.26. The highest BCUT2D eigenvalue weighted by Gasteiger charge is 2.32. The highest BCUT2D eigenvalue weighted by atomic mass is 31.2. The minimum atomic E-state index is -3.62. The van der Waals surface area contributed by atoms with Crippen molar-refractivity contribution in [3.8, 4) is 0 Å². The van der Waals surface area contributed by atoms with Crippen LogP contribution in [0.3, 0.4) is 0 Å². The summed E-state index contributed by atoms with van der Waals surface area (Å²) in [5, 5.41) is 9.03. The van der Waals surface area contributed by atoms with Crippen molar-refractivity contribution in [1.82, 2.24) is 29.7 Å². The van der Waals surface area contributed by atoms with E-state index >= 15 is 0 Å². The van der Waals surface area contributed by atoms with Crippen LogP contribution < -0.4 is 27.0 Å². The van der Waals surface area contributed by atoms with Gasteiger partial charge in [0.1, 0.15) is 18.4 Å². The van der Waals surface area contributed by atoms with Gasteiger partial charge in [0.2, 0.25) is 13.4 Å². The zero-order valence-corrected chi connectivity index (χ0v) is 30.7. The number of carbonyl (C=O) groups is 2. The highest BCUT2D eigenvalue weighted by Crippen LogP contribution is 2.38. The third-order valence-electron chi connectivity index (χ3n) is 7.14. The van der Waals surface area contributed by atoms with E-state index in [2.05, 4.69) is 44.3 Å². The number of unbranched alkanes of at least 4 members (excludes halogenated alkanes) is 6. The van der Waals surface area contributed by atoms with Crippen molar-refractivity contribution in [3.63, 3.8) is 0 Å². The molecule has 2 atom stereocenters. The Hall–Kier alpha value is -2.84. The van der Waals surface area contributed by atoms with E-state index in [4.69, 9.17) is 25.7 Å². The van der Waals surface area contributed by atoms with Gasteiger partial charge in [-0.25, -0.2) is 15.2 Å². The molecule has 0 radical (unpaired) electrons. The molecular weight excluding hydrogens is 637 g/mol. The van der Waals surface area contributed by atoms with E-state index in [1.54, 1.807) is 24.7 Å². The molecule has 1 saturated carbocycles. The summed E-state index contributed by atoms with van der Waals surface area (Å²) in [6, 6.07) is -1.08. The van der Waals surface area contributed by atoms with Crippen molar-refractivity contribution in [2.45, 2.75) is 136 Å². The van der Waals surface area contributed by atoms with Gasteiger partial charge in [0.15, 0.2) is 17.0 Å². The molecule has 0 bridgehead atoms. The third kappa shape index (κ3) is 16.0.